The van der Waals surface area contributed by atoms with E-state index in [1.807, 2.05) is 42.6 Å². The van der Waals surface area contributed by atoms with Crippen molar-refractivity contribution in [3.05, 3.63) is 158 Å². The van der Waals surface area contributed by atoms with E-state index in [1.54, 1.807) is 0 Å². The summed E-state index contributed by atoms with van der Waals surface area (Å²) in [6.45, 7) is 0. The van der Waals surface area contributed by atoms with E-state index in [2.05, 4.69) is 125 Å². The molecule has 9 aromatic rings. The SMILES string of the molecule is c1ccc(-c2ccc(N(c3ccc(-c4ccc5oc6cccnc6c5c4)cc3)c3cccc4c3oc3ccccc34)cc2)cc1. The van der Waals surface area contributed by atoms with Crippen LogP contribution in [-0.4, -0.2) is 4.98 Å². The van der Waals surface area contributed by atoms with Crippen LogP contribution in [0.4, 0.5) is 17.1 Å². The minimum absolute atomic E-state index is 0.800. The first-order chi connectivity index (χ1) is 22.3. The second-order valence-corrected chi connectivity index (χ2v) is 11.2. The van der Waals surface area contributed by atoms with Crippen molar-refractivity contribution in [2.24, 2.45) is 0 Å². The number of fused-ring (bicyclic) bond motifs is 6. The third-order valence-electron chi connectivity index (χ3n) is 8.54. The van der Waals surface area contributed by atoms with Gasteiger partial charge in [0, 0.05) is 33.7 Å². The normalized spacial score (nSPS) is 11.6. The van der Waals surface area contributed by atoms with Crippen LogP contribution in [0, 0.1) is 0 Å². The number of anilines is 3. The Kier molecular flexibility index (Phi) is 5.78. The van der Waals surface area contributed by atoms with Crippen LogP contribution in [0.15, 0.2) is 167 Å². The molecule has 0 bridgehead atoms. The Balaban J connectivity index is 1.17. The van der Waals surface area contributed by atoms with Crippen molar-refractivity contribution >= 4 is 61.1 Å². The molecule has 0 radical (unpaired) electrons. The van der Waals surface area contributed by atoms with Gasteiger partial charge in [-0.25, -0.2) is 0 Å². The minimum Gasteiger partial charge on any atom is -0.454 e. The Morgan fingerprint density at radius 3 is 1.84 bits per heavy atom. The van der Waals surface area contributed by atoms with Crippen molar-refractivity contribution in [1.82, 2.24) is 4.98 Å². The highest BCUT2D eigenvalue weighted by atomic mass is 16.3. The van der Waals surface area contributed by atoms with Crippen LogP contribution in [0.1, 0.15) is 0 Å². The van der Waals surface area contributed by atoms with Gasteiger partial charge in [0.1, 0.15) is 16.7 Å². The Hall–Kier alpha value is -6.13. The van der Waals surface area contributed by atoms with E-state index in [-0.39, 0.29) is 0 Å². The zero-order chi connectivity index (χ0) is 29.7. The second-order valence-electron chi connectivity index (χ2n) is 11.2. The van der Waals surface area contributed by atoms with Gasteiger partial charge in [-0.2, -0.15) is 0 Å². The van der Waals surface area contributed by atoms with Crippen LogP contribution >= 0.6 is 0 Å². The average Bonchev–Trinajstić information content (AvgIpc) is 3.68. The molecule has 3 aromatic heterocycles. The lowest BCUT2D eigenvalue weighted by molar-refractivity contribution is 0.668. The third kappa shape index (κ3) is 4.27. The summed E-state index contributed by atoms with van der Waals surface area (Å²) in [6, 6.07) is 52.7. The van der Waals surface area contributed by atoms with Gasteiger partial charge in [-0.1, -0.05) is 91.0 Å². The van der Waals surface area contributed by atoms with Gasteiger partial charge in [-0.05, 0) is 82.9 Å². The average molecular weight is 579 g/mol. The molecule has 4 heteroatoms. The Labute approximate surface area is 259 Å². The molecule has 0 N–H and O–H groups in total. The molecule has 0 saturated carbocycles. The summed E-state index contributed by atoms with van der Waals surface area (Å²) in [5, 5.41) is 3.23. The van der Waals surface area contributed by atoms with Crippen molar-refractivity contribution in [3.63, 3.8) is 0 Å². The summed E-state index contributed by atoms with van der Waals surface area (Å²) < 4.78 is 12.5. The number of benzene rings is 6. The molecule has 0 aliphatic carbocycles. The van der Waals surface area contributed by atoms with Gasteiger partial charge in [0.05, 0.1) is 5.69 Å². The van der Waals surface area contributed by atoms with Gasteiger partial charge in [0.25, 0.3) is 0 Å². The Morgan fingerprint density at radius 2 is 1.04 bits per heavy atom. The van der Waals surface area contributed by atoms with E-state index in [1.165, 1.54) is 11.1 Å². The number of para-hydroxylation sites is 2. The molecule has 0 atom stereocenters. The standard InChI is InChI=1S/C41H26N2O2/c1-2-8-27(9-3-1)28-15-20-31(21-16-28)43(36-12-6-11-34-33-10-4-5-13-37(33)45-41(34)36)32-22-17-29(18-23-32)30-19-24-38-35(26-30)40-39(44-38)14-7-25-42-40/h1-26H. The maximum Gasteiger partial charge on any atom is 0.159 e. The molecule has 212 valence electrons. The smallest absolute Gasteiger partial charge is 0.159 e. The predicted octanol–water partition coefficient (Wildman–Crippen LogP) is 11.7. The fourth-order valence-electron chi connectivity index (χ4n) is 6.35. The summed E-state index contributed by atoms with van der Waals surface area (Å²) in [6.07, 6.45) is 1.81. The molecule has 0 unspecified atom stereocenters. The number of rotatable bonds is 5. The first kappa shape index (κ1) is 25.4. The van der Waals surface area contributed by atoms with Crippen molar-refractivity contribution in [1.29, 1.82) is 0 Å². The summed E-state index contributed by atoms with van der Waals surface area (Å²) in [7, 11) is 0. The first-order valence-electron chi connectivity index (χ1n) is 15.0. The molecular formula is C41H26N2O2. The van der Waals surface area contributed by atoms with Crippen LogP contribution in [0.3, 0.4) is 0 Å². The quantitative estimate of drug-likeness (QED) is 0.204. The fraction of sp³-hybridized carbons (Fsp3) is 0. The molecule has 3 heterocycles. The van der Waals surface area contributed by atoms with Crippen LogP contribution in [0.25, 0.3) is 66.3 Å². The highest BCUT2D eigenvalue weighted by Crippen LogP contribution is 2.43. The molecule has 0 fully saturated rings. The fourth-order valence-corrected chi connectivity index (χ4v) is 6.35. The predicted molar refractivity (Wildman–Crippen MR) is 184 cm³/mol. The lowest BCUT2D eigenvalue weighted by Gasteiger charge is -2.26. The lowest BCUT2D eigenvalue weighted by Crippen LogP contribution is -2.10. The van der Waals surface area contributed by atoms with Gasteiger partial charge < -0.3 is 13.7 Å². The van der Waals surface area contributed by atoms with Crippen LogP contribution in [0.2, 0.25) is 0 Å². The summed E-state index contributed by atoms with van der Waals surface area (Å²) in [5.74, 6) is 0. The van der Waals surface area contributed by atoms with Gasteiger partial charge in [0.2, 0.25) is 0 Å². The first-order valence-corrected chi connectivity index (χ1v) is 15.0. The lowest BCUT2D eigenvalue weighted by atomic mass is 10.0. The monoisotopic (exact) mass is 578 g/mol. The maximum absolute atomic E-state index is 6.51. The van der Waals surface area contributed by atoms with E-state index in [0.29, 0.717) is 0 Å². The Morgan fingerprint density at radius 1 is 0.422 bits per heavy atom. The third-order valence-corrected chi connectivity index (χ3v) is 8.54. The van der Waals surface area contributed by atoms with E-state index in [0.717, 1.165) is 72.2 Å². The molecule has 0 spiro atoms. The van der Waals surface area contributed by atoms with Gasteiger partial charge >= 0.3 is 0 Å². The van der Waals surface area contributed by atoms with Gasteiger partial charge in [-0.15, -0.1) is 0 Å². The van der Waals surface area contributed by atoms with Crippen LogP contribution < -0.4 is 4.90 Å². The van der Waals surface area contributed by atoms with Crippen LogP contribution in [-0.2, 0) is 0 Å². The molecule has 6 aromatic carbocycles. The number of pyridine rings is 1. The molecule has 0 aliphatic rings. The number of hydrogen-bond donors (Lipinski definition) is 0. The highest BCUT2D eigenvalue weighted by Gasteiger charge is 2.19. The highest BCUT2D eigenvalue weighted by molar-refractivity contribution is 6.10. The van der Waals surface area contributed by atoms with E-state index in [9.17, 15) is 0 Å². The molecule has 45 heavy (non-hydrogen) atoms. The van der Waals surface area contributed by atoms with Crippen molar-refractivity contribution in [2.75, 3.05) is 4.90 Å². The van der Waals surface area contributed by atoms with E-state index < -0.39 is 0 Å². The minimum atomic E-state index is 0.800. The van der Waals surface area contributed by atoms with E-state index in [4.69, 9.17) is 8.83 Å². The number of furan rings is 2. The summed E-state index contributed by atoms with van der Waals surface area (Å²) in [4.78, 5) is 6.84. The second kappa shape index (κ2) is 10.2. The zero-order valence-corrected chi connectivity index (χ0v) is 24.2. The molecule has 0 aliphatic heterocycles. The number of nitrogens with zero attached hydrogens (tertiary/aromatic N) is 2. The summed E-state index contributed by atoms with van der Waals surface area (Å²) in [5.41, 5.74) is 11.9. The molecule has 9 rings (SSSR count). The van der Waals surface area contributed by atoms with E-state index >= 15 is 0 Å². The largest absolute Gasteiger partial charge is 0.454 e. The van der Waals surface area contributed by atoms with Crippen LogP contribution in [0.5, 0.6) is 0 Å². The molecule has 4 nitrogen and oxygen atoms in total. The molecular weight excluding hydrogens is 552 g/mol. The number of aromatic nitrogens is 1. The van der Waals surface area contributed by atoms with Gasteiger partial charge in [-0.3, -0.25) is 4.98 Å². The van der Waals surface area contributed by atoms with Crippen molar-refractivity contribution in [2.45, 2.75) is 0 Å². The van der Waals surface area contributed by atoms with Gasteiger partial charge in [0.15, 0.2) is 11.2 Å². The molecule has 0 amide bonds. The van der Waals surface area contributed by atoms with Crippen molar-refractivity contribution in [3.8, 4) is 22.3 Å². The maximum atomic E-state index is 6.51. The topological polar surface area (TPSA) is 42.4 Å². The Bertz CT molecular complexity index is 2470. The number of hydrogen-bond acceptors (Lipinski definition) is 4. The summed E-state index contributed by atoms with van der Waals surface area (Å²) >= 11 is 0. The molecule has 0 saturated heterocycles. The zero-order valence-electron chi connectivity index (χ0n) is 24.2. The van der Waals surface area contributed by atoms with Crippen molar-refractivity contribution < 1.29 is 8.83 Å².